The number of nitrogens with one attached hydrogen (secondary N) is 1. The van der Waals surface area contributed by atoms with E-state index in [9.17, 15) is 4.79 Å². The van der Waals surface area contributed by atoms with E-state index in [1.165, 1.54) is 0 Å². The zero-order chi connectivity index (χ0) is 15.5. The molecule has 0 radical (unpaired) electrons. The van der Waals surface area contributed by atoms with Gasteiger partial charge in [-0.15, -0.1) is 11.6 Å². The summed E-state index contributed by atoms with van der Waals surface area (Å²) in [5, 5.41) is 3.05. The summed E-state index contributed by atoms with van der Waals surface area (Å²) in [5.74, 6) is 0.185. The molecule has 0 spiro atoms. The third kappa shape index (κ3) is 3.66. The molecule has 0 aliphatic carbocycles. The largest absolute Gasteiger partial charge is 0.342 e. The molecule has 0 heterocycles. The molecule has 0 saturated carbocycles. The minimum Gasteiger partial charge on any atom is -0.342 e. The van der Waals surface area contributed by atoms with Crippen LogP contribution in [-0.2, 0) is 5.54 Å². The molecule has 21 heavy (non-hydrogen) atoms. The predicted molar refractivity (Wildman–Crippen MR) is 90.9 cm³/mol. The maximum absolute atomic E-state index is 12.5. The van der Waals surface area contributed by atoms with Crippen LogP contribution in [-0.4, -0.2) is 11.8 Å². The molecule has 110 valence electrons. The van der Waals surface area contributed by atoms with Crippen LogP contribution in [0.2, 0.25) is 0 Å². The number of halogens is 2. The number of amides is 1. The molecule has 0 saturated heterocycles. The van der Waals surface area contributed by atoms with Crippen LogP contribution >= 0.6 is 27.5 Å². The molecule has 2 nitrogen and oxygen atoms in total. The van der Waals surface area contributed by atoms with Crippen molar-refractivity contribution in [1.82, 2.24) is 5.32 Å². The van der Waals surface area contributed by atoms with Gasteiger partial charge in [0.15, 0.2) is 0 Å². The predicted octanol–water partition coefficient (Wildman–Crippen LogP) is 4.64. The first-order chi connectivity index (χ1) is 9.96. The highest BCUT2D eigenvalue weighted by Crippen LogP contribution is 2.24. The van der Waals surface area contributed by atoms with E-state index in [-0.39, 0.29) is 5.91 Å². The number of alkyl halides is 1. The van der Waals surface area contributed by atoms with Gasteiger partial charge in [0, 0.05) is 15.9 Å². The van der Waals surface area contributed by atoms with Crippen molar-refractivity contribution < 1.29 is 4.79 Å². The highest BCUT2D eigenvalue weighted by molar-refractivity contribution is 9.10. The number of hydrogen-bond donors (Lipinski definition) is 1. The van der Waals surface area contributed by atoms with Gasteiger partial charge < -0.3 is 5.32 Å². The molecule has 0 aromatic heterocycles. The maximum Gasteiger partial charge on any atom is 0.252 e. The van der Waals surface area contributed by atoms with Gasteiger partial charge in [0.05, 0.1) is 5.54 Å². The number of carbonyl (C=O) groups is 1. The Hall–Kier alpha value is -1.32. The Morgan fingerprint density at radius 1 is 1.24 bits per heavy atom. The van der Waals surface area contributed by atoms with Crippen LogP contribution in [0, 0.1) is 6.92 Å². The second-order valence-corrected chi connectivity index (χ2v) is 6.43. The fourth-order valence-corrected chi connectivity index (χ4v) is 2.89. The van der Waals surface area contributed by atoms with E-state index in [4.69, 9.17) is 11.6 Å². The van der Waals surface area contributed by atoms with Gasteiger partial charge >= 0.3 is 0 Å². The minimum atomic E-state index is -0.598. The first-order valence-corrected chi connectivity index (χ1v) is 7.99. The topological polar surface area (TPSA) is 29.1 Å². The lowest BCUT2D eigenvalue weighted by Crippen LogP contribution is -2.45. The number of aryl methyl sites for hydroxylation is 1. The van der Waals surface area contributed by atoms with Crippen LogP contribution in [0.1, 0.15) is 28.4 Å². The van der Waals surface area contributed by atoms with E-state index in [0.29, 0.717) is 11.4 Å². The second kappa shape index (κ2) is 6.63. The van der Waals surface area contributed by atoms with E-state index in [1.807, 2.05) is 62.4 Å². The van der Waals surface area contributed by atoms with Crippen LogP contribution in [0.5, 0.6) is 0 Å². The van der Waals surface area contributed by atoms with Crippen molar-refractivity contribution in [2.75, 3.05) is 5.88 Å². The van der Waals surface area contributed by atoms with Gasteiger partial charge in [0.1, 0.15) is 0 Å². The molecule has 0 fully saturated rings. The molecule has 4 heteroatoms. The Balaban J connectivity index is 2.28. The fourth-order valence-electron chi connectivity index (χ4n) is 2.19. The number of benzene rings is 2. The lowest BCUT2D eigenvalue weighted by Gasteiger charge is -2.29. The molecule has 1 N–H and O–H groups in total. The molecule has 1 amide bonds. The van der Waals surface area contributed by atoms with Crippen molar-refractivity contribution in [3.63, 3.8) is 0 Å². The second-order valence-electron chi connectivity index (χ2n) is 5.25. The Morgan fingerprint density at radius 2 is 1.90 bits per heavy atom. The van der Waals surface area contributed by atoms with Crippen LogP contribution in [0.3, 0.4) is 0 Å². The molecule has 0 aliphatic rings. The smallest absolute Gasteiger partial charge is 0.252 e. The molecule has 0 bridgehead atoms. The Labute approximate surface area is 138 Å². The van der Waals surface area contributed by atoms with Crippen molar-refractivity contribution in [3.8, 4) is 0 Å². The normalized spacial score (nSPS) is 13.5. The first kappa shape index (κ1) is 16.1. The summed E-state index contributed by atoms with van der Waals surface area (Å²) in [6.45, 7) is 3.85. The summed E-state index contributed by atoms with van der Waals surface area (Å²) in [7, 11) is 0. The zero-order valence-electron chi connectivity index (χ0n) is 12.0. The molecule has 0 aliphatic heterocycles. The molecule has 2 aromatic rings. The summed E-state index contributed by atoms with van der Waals surface area (Å²) in [6, 6.07) is 15.4. The molecule has 2 aromatic carbocycles. The summed E-state index contributed by atoms with van der Waals surface area (Å²) in [6.07, 6.45) is 0. The molecular weight excluding hydrogens is 350 g/mol. The lowest BCUT2D eigenvalue weighted by atomic mass is 9.93. The number of carbonyl (C=O) groups excluding carboxylic acids is 1. The highest BCUT2D eigenvalue weighted by Gasteiger charge is 2.28. The quantitative estimate of drug-likeness (QED) is 0.785. The molecular formula is C17H17BrClNO. The van der Waals surface area contributed by atoms with Crippen LogP contribution in [0.15, 0.2) is 53.0 Å². The summed E-state index contributed by atoms with van der Waals surface area (Å²) in [5.41, 5.74) is 1.97. The van der Waals surface area contributed by atoms with Gasteiger partial charge in [-0.05, 0) is 43.2 Å². The van der Waals surface area contributed by atoms with Crippen molar-refractivity contribution in [3.05, 3.63) is 69.7 Å². The highest BCUT2D eigenvalue weighted by atomic mass is 79.9. The zero-order valence-corrected chi connectivity index (χ0v) is 14.3. The maximum atomic E-state index is 12.5. The van der Waals surface area contributed by atoms with Crippen molar-refractivity contribution in [1.29, 1.82) is 0 Å². The standard InChI is InChI=1S/C17H17BrClNO/c1-12-10-14(18)8-9-15(12)16(21)20-17(2,11-19)13-6-4-3-5-7-13/h3-10H,11H2,1-2H3,(H,20,21). The monoisotopic (exact) mass is 365 g/mol. The SMILES string of the molecule is Cc1cc(Br)ccc1C(=O)NC(C)(CCl)c1ccccc1. The summed E-state index contributed by atoms with van der Waals surface area (Å²) >= 11 is 9.52. The third-order valence-electron chi connectivity index (χ3n) is 3.50. The fraction of sp³-hybridized carbons (Fsp3) is 0.235. The van der Waals surface area contributed by atoms with Gasteiger partial charge in [-0.2, -0.15) is 0 Å². The molecule has 1 atom stereocenters. The van der Waals surface area contributed by atoms with Crippen molar-refractivity contribution in [2.45, 2.75) is 19.4 Å². The van der Waals surface area contributed by atoms with Crippen LogP contribution < -0.4 is 5.32 Å². The van der Waals surface area contributed by atoms with Crippen molar-refractivity contribution in [2.24, 2.45) is 0 Å². The van der Waals surface area contributed by atoms with Gasteiger partial charge in [-0.3, -0.25) is 4.79 Å². The minimum absolute atomic E-state index is 0.119. The van der Waals surface area contributed by atoms with Gasteiger partial charge in [0.2, 0.25) is 0 Å². The number of rotatable bonds is 4. The average Bonchev–Trinajstić information content (AvgIpc) is 2.47. The van der Waals surface area contributed by atoms with Gasteiger partial charge in [-0.1, -0.05) is 46.3 Å². The van der Waals surface area contributed by atoms with E-state index in [1.54, 1.807) is 0 Å². The third-order valence-corrected chi connectivity index (χ3v) is 4.53. The van der Waals surface area contributed by atoms with E-state index >= 15 is 0 Å². The Morgan fingerprint density at radius 3 is 2.48 bits per heavy atom. The number of hydrogen-bond acceptors (Lipinski definition) is 1. The average molecular weight is 367 g/mol. The first-order valence-electron chi connectivity index (χ1n) is 6.66. The van der Waals surface area contributed by atoms with Crippen molar-refractivity contribution >= 4 is 33.4 Å². The Bertz CT molecular complexity index is 644. The summed E-state index contributed by atoms with van der Waals surface area (Å²) < 4.78 is 0.958. The van der Waals surface area contributed by atoms with Crippen LogP contribution in [0.4, 0.5) is 0 Å². The molecule has 1 unspecified atom stereocenters. The Kier molecular flexibility index (Phi) is 5.07. The van der Waals surface area contributed by atoms with Gasteiger partial charge in [-0.25, -0.2) is 0 Å². The van der Waals surface area contributed by atoms with Crippen LogP contribution in [0.25, 0.3) is 0 Å². The van der Waals surface area contributed by atoms with E-state index in [0.717, 1.165) is 15.6 Å². The van der Waals surface area contributed by atoms with E-state index < -0.39 is 5.54 Å². The molecule has 2 rings (SSSR count). The van der Waals surface area contributed by atoms with Gasteiger partial charge in [0.25, 0.3) is 5.91 Å². The van der Waals surface area contributed by atoms with E-state index in [2.05, 4.69) is 21.2 Å². The summed E-state index contributed by atoms with van der Waals surface area (Å²) in [4.78, 5) is 12.5. The lowest BCUT2D eigenvalue weighted by molar-refractivity contribution is 0.0912.